The van der Waals surface area contributed by atoms with Gasteiger partial charge in [0.2, 0.25) is 5.91 Å². The van der Waals surface area contributed by atoms with Gasteiger partial charge in [-0.1, -0.05) is 43.3 Å². The lowest BCUT2D eigenvalue weighted by molar-refractivity contribution is -0.123. The molecular formula is C20H22N2O. The molecule has 1 unspecified atom stereocenters. The van der Waals surface area contributed by atoms with Crippen molar-refractivity contribution in [3.05, 3.63) is 54.1 Å². The molecule has 1 atom stereocenters. The van der Waals surface area contributed by atoms with Gasteiger partial charge >= 0.3 is 0 Å². The Morgan fingerprint density at radius 2 is 1.91 bits per heavy atom. The number of hydrogen-bond acceptors (Lipinski definition) is 2. The van der Waals surface area contributed by atoms with Gasteiger partial charge < -0.3 is 10.2 Å². The maximum atomic E-state index is 12.8. The number of nitrogens with zero attached hydrogens (tertiary/aromatic N) is 1. The van der Waals surface area contributed by atoms with Gasteiger partial charge in [-0.25, -0.2) is 0 Å². The molecule has 1 saturated heterocycles. The second kappa shape index (κ2) is 5.82. The summed E-state index contributed by atoms with van der Waals surface area (Å²) < 4.78 is 0. The van der Waals surface area contributed by atoms with E-state index in [0.29, 0.717) is 5.92 Å². The third-order valence-corrected chi connectivity index (χ3v) is 5.26. The summed E-state index contributed by atoms with van der Waals surface area (Å²) in [6, 6.07) is 16.9. The van der Waals surface area contributed by atoms with Crippen molar-refractivity contribution < 1.29 is 4.79 Å². The minimum absolute atomic E-state index is 0.107. The van der Waals surface area contributed by atoms with E-state index in [9.17, 15) is 4.79 Å². The molecule has 3 heteroatoms. The fourth-order valence-electron chi connectivity index (χ4n) is 3.55. The van der Waals surface area contributed by atoms with Crippen molar-refractivity contribution in [1.29, 1.82) is 0 Å². The number of anilines is 1. The highest BCUT2D eigenvalue weighted by Crippen LogP contribution is 2.34. The fraction of sp³-hybridized carbons (Fsp3) is 0.350. The van der Waals surface area contributed by atoms with Crippen molar-refractivity contribution in [2.75, 3.05) is 24.5 Å². The smallest absolute Gasteiger partial charge is 0.230 e. The quantitative estimate of drug-likeness (QED) is 0.945. The first-order valence-corrected chi connectivity index (χ1v) is 8.44. The van der Waals surface area contributed by atoms with E-state index >= 15 is 0 Å². The third kappa shape index (κ3) is 2.55. The Morgan fingerprint density at radius 1 is 1.13 bits per heavy atom. The van der Waals surface area contributed by atoms with Crippen molar-refractivity contribution in [2.45, 2.75) is 13.3 Å². The Balaban J connectivity index is 1.59. The van der Waals surface area contributed by atoms with Crippen LogP contribution in [0.4, 0.5) is 5.69 Å². The largest absolute Gasteiger partial charge is 0.316 e. The lowest BCUT2D eigenvalue weighted by Crippen LogP contribution is -2.50. The van der Waals surface area contributed by atoms with Crippen LogP contribution >= 0.6 is 0 Å². The molecule has 0 spiro atoms. The molecule has 2 heterocycles. The highest BCUT2D eigenvalue weighted by atomic mass is 16.2. The van der Waals surface area contributed by atoms with Crippen LogP contribution in [0.3, 0.4) is 0 Å². The Labute approximate surface area is 137 Å². The topological polar surface area (TPSA) is 32.3 Å². The zero-order valence-corrected chi connectivity index (χ0v) is 13.5. The number of rotatable bonds is 3. The molecule has 23 heavy (non-hydrogen) atoms. The number of amides is 1. The van der Waals surface area contributed by atoms with Crippen molar-refractivity contribution in [1.82, 2.24) is 5.32 Å². The summed E-state index contributed by atoms with van der Waals surface area (Å²) >= 11 is 0. The van der Waals surface area contributed by atoms with E-state index in [-0.39, 0.29) is 11.8 Å². The van der Waals surface area contributed by atoms with Crippen LogP contribution in [0.2, 0.25) is 0 Å². The molecule has 0 bridgehead atoms. The summed E-state index contributed by atoms with van der Waals surface area (Å²) in [5.41, 5.74) is 4.86. The average Bonchev–Trinajstić information content (AvgIpc) is 2.96. The first-order chi connectivity index (χ1) is 11.2. The average molecular weight is 306 g/mol. The lowest BCUT2D eigenvalue weighted by atomic mass is 9.88. The van der Waals surface area contributed by atoms with Gasteiger partial charge in [-0.2, -0.15) is 0 Å². The van der Waals surface area contributed by atoms with Crippen molar-refractivity contribution in [3.63, 3.8) is 0 Å². The fourth-order valence-corrected chi connectivity index (χ4v) is 3.55. The Hall–Kier alpha value is -2.13. The van der Waals surface area contributed by atoms with Crippen LogP contribution in [0.5, 0.6) is 0 Å². The molecule has 1 N–H and O–H groups in total. The molecule has 2 aromatic carbocycles. The van der Waals surface area contributed by atoms with Gasteiger partial charge in [0, 0.05) is 18.2 Å². The van der Waals surface area contributed by atoms with Gasteiger partial charge in [-0.3, -0.25) is 4.79 Å². The van der Waals surface area contributed by atoms with Gasteiger partial charge in [-0.05, 0) is 54.3 Å². The van der Waals surface area contributed by atoms with E-state index in [1.165, 1.54) is 16.7 Å². The third-order valence-electron chi connectivity index (χ3n) is 5.26. The number of benzene rings is 2. The normalized spacial score (nSPS) is 18.4. The second-order valence-electron chi connectivity index (χ2n) is 6.66. The minimum atomic E-state index is 0.107. The van der Waals surface area contributed by atoms with Crippen LogP contribution in [0.15, 0.2) is 48.5 Å². The molecule has 2 aliphatic rings. The first-order valence-electron chi connectivity index (χ1n) is 8.44. The summed E-state index contributed by atoms with van der Waals surface area (Å²) in [5.74, 6) is 0.883. The monoisotopic (exact) mass is 306 g/mol. The van der Waals surface area contributed by atoms with Gasteiger partial charge in [0.15, 0.2) is 0 Å². The predicted octanol–water partition coefficient (Wildman–Crippen LogP) is 3.10. The molecule has 3 nitrogen and oxygen atoms in total. The van der Waals surface area contributed by atoms with Crippen LogP contribution in [-0.4, -0.2) is 25.5 Å². The highest BCUT2D eigenvalue weighted by molar-refractivity contribution is 5.97. The minimum Gasteiger partial charge on any atom is -0.316 e. The molecule has 118 valence electrons. The lowest BCUT2D eigenvalue weighted by Gasteiger charge is -2.34. The van der Waals surface area contributed by atoms with Gasteiger partial charge in [0.05, 0.1) is 0 Å². The van der Waals surface area contributed by atoms with E-state index < -0.39 is 0 Å². The van der Waals surface area contributed by atoms with E-state index in [4.69, 9.17) is 0 Å². The summed E-state index contributed by atoms with van der Waals surface area (Å²) in [6.45, 7) is 4.84. The maximum absolute atomic E-state index is 12.8. The summed E-state index contributed by atoms with van der Waals surface area (Å²) in [7, 11) is 0. The Bertz CT molecular complexity index is 722. The van der Waals surface area contributed by atoms with Crippen LogP contribution in [0.25, 0.3) is 11.1 Å². The highest BCUT2D eigenvalue weighted by Gasteiger charge is 2.34. The molecule has 0 radical (unpaired) electrons. The zero-order valence-electron chi connectivity index (χ0n) is 13.5. The van der Waals surface area contributed by atoms with Gasteiger partial charge in [-0.15, -0.1) is 0 Å². The number of nitrogens with one attached hydrogen (secondary N) is 1. The van der Waals surface area contributed by atoms with E-state index in [1.54, 1.807) is 0 Å². The van der Waals surface area contributed by atoms with Gasteiger partial charge in [0.25, 0.3) is 0 Å². The predicted molar refractivity (Wildman–Crippen MR) is 93.5 cm³/mol. The van der Waals surface area contributed by atoms with E-state index in [2.05, 4.69) is 54.7 Å². The SMILES string of the molecule is CC(C(=O)N1CCc2cc(-c3ccccc3)ccc21)C1CNC1. The number of carbonyl (C=O) groups is 1. The standard InChI is InChI=1S/C20H22N2O/c1-14(18-12-21-13-18)20(23)22-10-9-17-11-16(7-8-19(17)22)15-5-3-2-4-6-15/h2-8,11,14,18,21H,9-10,12-13H2,1H3. The summed E-state index contributed by atoms with van der Waals surface area (Å²) in [4.78, 5) is 14.8. The maximum Gasteiger partial charge on any atom is 0.230 e. The Kier molecular flexibility index (Phi) is 3.66. The molecule has 4 rings (SSSR count). The van der Waals surface area contributed by atoms with E-state index in [1.807, 2.05) is 11.0 Å². The van der Waals surface area contributed by atoms with Crippen molar-refractivity contribution in [2.24, 2.45) is 11.8 Å². The number of carbonyl (C=O) groups excluding carboxylic acids is 1. The van der Waals surface area contributed by atoms with Crippen LogP contribution in [0.1, 0.15) is 12.5 Å². The number of hydrogen-bond donors (Lipinski definition) is 1. The molecule has 0 aliphatic carbocycles. The second-order valence-corrected chi connectivity index (χ2v) is 6.66. The molecule has 0 saturated carbocycles. The molecule has 2 aliphatic heterocycles. The zero-order chi connectivity index (χ0) is 15.8. The molecule has 1 amide bonds. The molecule has 1 fully saturated rings. The van der Waals surface area contributed by atoms with Crippen LogP contribution < -0.4 is 10.2 Å². The molecule has 2 aromatic rings. The summed E-state index contributed by atoms with van der Waals surface area (Å²) in [5, 5.41) is 3.26. The molecular weight excluding hydrogens is 284 g/mol. The summed E-state index contributed by atoms with van der Waals surface area (Å²) in [6.07, 6.45) is 0.956. The van der Waals surface area contributed by atoms with Crippen LogP contribution in [-0.2, 0) is 11.2 Å². The molecule has 0 aromatic heterocycles. The van der Waals surface area contributed by atoms with Gasteiger partial charge in [0.1, 0.15) is 0 Å². The van der Waals surface area contributed by atoms with E-state index in [0.717, 1.165) is 31.7 Å². The van der Waals surface area contributed by atoms with Crippen LogP contribution in [0, 0.1) is 11.8 Å². The van der Waals surface area contributed by atoms with Crippen molar-refractivity contribution in [3.8, 4) is 11.1 Å². The Morgan fingerprint density at radius 3 is 2.61 bits per heavy atom. The number of fused-ring (bicyclic) bond motifs is 1. The van der Waals surface area contributed by atoms with Crippen molar-refractivity contribution >= 4 is 11.6 Å². The first kappa shape index (κ1) is 14.5.